The average molecular weight is 303 g/mol. The third kappa shape index (κ3) is 4.43. The number of carbonyl (C=O) groups is 1. The highest BCUT2D eigenvalue weighted by Crippen LogP contribution is 2.31. The Bertz CT molecular complexity index is 626. The lowest BCUT2D eigenvalue weighted by Crippen LogP contribution is -1.99. The van der Waals surface area contributed by atoms with E-state index in [9.17, 15) is 4.79 Å². The SMILES string of the molecule is COc1ccc(N)c(SCc2ccc(CC(=O)O)cc2)c1. The first kappa shape index (κ1) is 15.3. The minimum atomic E-state index is -0.818. The number of carboxylic acid groups (broad SMARTS) is 1. The van der Waals surface area contributed by atoms with Crippen molar-refractivity contribution in [3.63, 3.8) is 0 Å². The van der Waals surface area contributed by atoms with Crippen molar-refractivity contribution in [3.8, 4) is 5.75 Å². The molecule has 0 atom stereocenters. The number of ether oxygens (including phenoxy) is 1. The van der Waals surface area contributed by atoms with E-state index < -0.39 is 5.97 Å². The third-order valence-electron chi connectivity index (χ3n) is 2.99. The van der Waals surface area contributed by atoms with Crippen LogP contribution in [0, 0.1) is 0 Å². The number of nitrogen functional groups attached to an aromatic ring is 1. The third-order valence-corrected chi connectivity index (χ3v) is 4.14. The average Bonchev–Trinajstić information content (AvgIpc) is 2.47. The maximum atomic E-state index is 10.6. The monoisotopic (exact) mass is 303 g/mol. The predicted molar refractivity (Wildman–Crippen MR) is 84.7 cm³/mol. The zero-order valence-electron chi connectivity index (χ0n) is 11.7. The topological polar surface area (TPSA) is 72.5 Å². The van der Waals surface area contributed by atoms with Crippen LogP contribution in [-0.2, 0) is 17.0 Å². The normalized spacial score (nSPS) is 10.3. The summed E-state index contributed by atoms with van der Waals surface area (Å²) in [5.41, 5.74) is 8.60. The van der Waals surface area contributed by atoms with E-state index in [2.05, 4.69) is 0 Å². The molecule has 0 unspecified atom stereocenters. The number of anilines is 1. The van der Waals surface area contributed by atoms with Gasteiger partial charge in [0, 0.05) is 16.3 Å². The van der Waals surface area contributed by atoms with Crippen LogP contribution in [0.4, 0.5) is 5.69 Å². The number of hydrogen-bond donors (Lipinski definition) is 2. The lowest BCUT2D eigenvalue weighted by molar-refractivity contribution is -0.136. The van der Waals surface area contributed by atoms with E-state index in [1.54, 1.807) is 18.9 Å². The van der Waals surface area contributed by atoms with Gasteiger partial charge in [-0.2, -0.15) is 0 Å². The molecule has 5 heteroatoms. The van der Waals surface area contributed by atoms with E-state index in [1.807, 2.05) is 42.5 Å². The Morgan fingerprint density at radius 2 is 1.86 bits per heavy atom. The fourth-order valence-electron chi connectivity index (χ4n) is 1.86. The zero-order valence-corrected chi connectivity index (χ0v) is 12.5. The van der Waals surface area contributed by atoms with Gasteiger partial charge in [-0.05, 0) is 29.3 Å². The fourth-order valence-corrected chi connectivity index (χ4v) is 2.80. The molecule has 21 heavy (non-hydrogen) atoms. The molecule has 0 saturated heterocycles. The van der Waals surface area contributed by atoms with Crippen molar-refractivity contribution in [1.82, 2.24) is 0 Å². The van der Waals surface area contributed by atoms with Crippen LogP contribution in [-0.4, -0.2) is 18.2 Å². The Morgan fingerprint density at radius 1 is 1.19 bits per heavy atom. The van der Waals surface area contributed by atoms with Crippen molar-refractivity contribution < 1.29 is 14.6 Å². The second-order valence-corrected chi connectivity index (χ2v) is 5.60. The van der Waals surface area contributed by atoms with Gasteiger partial charge in [0.05, 0.1) is 13.5 Å². The summed E-state index contributed by atoms with van der Waals surface area (Å²) in [5, 5.41) is 8.74. The smallest absolute Gasteiger partial charge is 0.307 e. The minimum Gasteiger partial charge on any atom is -0.497 e. The Labute approximate surface area is 127 Å². The molecule has 2 aromatic carbocycles. The molecule has 110 valence electrons. The second kappa shape index (κ2) is 7.04. The quantitative estimate of drug-likeness (QED) is 0.633. The molecule has 0 aliphatic heterocycles. The second-order valence-electron chi connectivity index (χ2n) is 4.58. The molecule has 0 aromatic heterocycles. The molecular formula is C16H17NO3S. The lowest BCUT2D eigenvalue weighted by atomic mass is 10.1. The maximum Gasteiger partial charge on any atom is 0.307 e. The highest BCUT2D eigenvalue weighted by atomic mass is 32.2. The first-order valence-corrected chi connectivity index (χ1v) is 7.43. The van der Waals surface area contributed by atoms with E-state index in [4.69, 9.17) is 15.6 Å². The molecule has 0 bridgehead atoms. The maximum absolute atomic E-state index is 10.6. The number of carboxylic acids is 1. The number of rotatable bonds is 6. The van der Waals surface area contributed by atoms with Crippen LogP contribution in [0.2, 0.25) is 0 Å². The van der Waals surface area contributed by atoms with Gasteiger partial charge in [0.25, 0.3) is 0 Å². The molecule has 0 aliphatic carbocycles. The molecule has 2 rings (SSSR count). The van der Waals surface area contributed by atoms with Crippen LogP contribution in [0.25, 0.3) is 0 Å². The van der Waals surface area contributed by atoms with Crippen molar-refractivity contribution in [2.24, 2.45) is 0 Å². The summed E-state index contributed by atoms with van der Waals surface area (Å²) in [4.78, 5) is 11.6. The number of aliphatic carboxylic acids is 1. The molecule has 0 spiro atoms. The van der Waals surface area contributed by atoms with Gasteiger partial charge in [0.15, 0.2) is 0 Å². The molecule has 0 aliphatic rings. The number of benzene rings is 2. The van der Waals surface area contributed by atoms with Crippen molar-refractivity contribution in [2.75, 3.05) is 12.8 Å². The number of thioether (sulfide) groups is 1. The van der Waals surface area contributed by atoms with Crippen molar-refractivity contribution >= 4 is 23.4 Å². The molecule has 3 N–H and O–H groups in total. The molecule has 0 radical (unpaired) electrons. The van der Waals surface area contributed by atoms with Gasteiger partial charge in [0.1, 0.15) is 5.75 Å². The lowest BCUT2D eigenvalue weighted by Gasteiger charge is -2.08. The first-order valence-electron chi connectivity index (χ1n) is 6.44. The number of methoxy groups -OCH3 is 1. The molecule has 0 amide bonds. The van der Waals surface area contributed by atoms with Gasteiger partial charge in [-0.1, -0.05) is 24.3 Å². The minimum absolute atomic E-state index is 0.0518. The van der Waals surface area contributed by atoms with Gasteiger partial charge < -0.3 is 15.6 Å². The van der Waals surface area contributed by atoms with E-state index in [-0.39, 0.29) is 6.42 Å². The van der Waals surface area contributed by atoms with Gasteiger partial charge in [-0.15, -0.1) is 11.8 Å². The van der Waals surface area contributed by atoms with Crippen molar-refractivity contribution in [2.45, 2.75) is 17.1 Å². The molecule has 4 nitrogen and oxygen atoms in total. The molecule has 0 heterocycles. The van der Waals surface area contributed by atoms with Crippen molar-refractivity contribution in [3.05, 3.63) is 53.6 Å². The van der Waals surface area contributed by atoms with Crippen LogP contribution in [0.1, 0.15) is 11.1 Å². The Kier molecular flexibility index (Phi) is 5.11. The van der Waals surface area contributed by atoms with Crippen LogP contribution >= 0.6 is 11.8 Å². The highest BCUT2D eigenvalue weighted by molar-refractivity contribution is 7.98. The molecule has 0 fully saturated rings. The first-order chi connectivity index (χ1) is 10.1. The summed E-state index contributed by atoms with van der Waals surface area (Å²) in [7, 11) is 1.63. The summed E-state index contributed by atoms with van der Waals surface area (Å²) < 4.78 is 5.19. The standard InChI is InChI=1S/C16H17NO3S/c1-20-13-6-7-14(17)15(9-13)21-10-12-4-2-11(3-5-12)8-16(18)19/h2-7,9H,8,10,17H2,1H3,(H,18,19). The van der Waals surface area contributed by atoms with Gasteiger partial charge in [-0.3, -0.25) is 4.79 Å². The Hall–Kier alpha value is -2.14. The Morgan fingerprint density at radius 3 is 2.48 bits per heavy atom. The number of hydrogen-bond acceptors (Lipinski definition) is 4. The van der Waals surface area contributed by atoms with Crippen LogP contribution in [0.5, 0.6) is 5.75 Å². The fraction of sp³-hybridized carbons (Fsp3) is 0.188. The van der Waals surface area contributed by atoms with E-state index >= 15 is 0 Å². The van der Waals surface area contributed by atoms with Gasteiger partial charge in [-0.25, -0.2) is 0 Å². The van der Waals surface area contributed by atoms with E-state index in [0.29, 0.717) is 0 Å². The van der Waals surface area contributed by atoms with Crippen LogP contribution < -0.4 is 10.5 Å². The molecule has 0 saturated carbocycles. The van der Waals surface area contributed by atoms with E-state index in [1.165, 1.54) is 0 Å². The summed E-state index contributed by atoms with van der Waals surface area (Å²) in [6.07, 6.45) is 0.0518. The van der Waals surface area contributed by atoms with Gasteiger partial charge >= 0.3 is 5.97 Å². The summed E-state index contributed by atoms with van der Waals surface area (Å²) in [5.74, 6) is 0.731. The largest absolute Gasteiger partial charge is 0.497 e. The number of nitrogens with two attached hydrogens (primary N) is 1. The Balaban J connectivity index is 2.01. The van der Waals surface area contributed by atoms with Crippen LogP contribution in [0.15, 0.2) is 47.4 Å². The predicted octanol–water partition coefficient (Wildman–Crippen LogP) is 3.20. The van der Waals surface area contributed by atoms with Crippen LogP contribution in [0.3, 0.4) is 0 Å². The van der Waals surface area contributed by atoms with Gasteiger partial charge in [0.2, 0.25) is 0 Å². The highest BCUT2D eigenvalue weighted by Gasteiger charge is 2.04. The molecule has 2 aromatic rings. The zero-order chi connectivity index (χ0) is 15.2. The summed E-state index contributed by atoms with van der Waals surface area (Å²) in [6.45, 7) is 0. The summed E-state index contributed by atoms with van der Waals surface area (Å²) >= 11 is 1.63. The summed E-state index contributed by atoms with van der Waals surface area (Å²) in [6, 6.07) is 13.2. The van der Waals surface area contributed by atoms with Crippen molar-refractivity contribution in [1.29, 1.82) is 0 Å². The molecular weight excluding hydrogens is 286 g/mol. The van der Waals surface area contributed by atoms with E-state index in [0.717, 1.165) is 33.2 Å².